The lowest BCUT2D eigenvalue weighted by molar-refractivity contribution is -0.137. The van der Waals surface area contributed by atoms with Gasteiger partial charge in [0.25, 0.3) is 5.91 Å². The average Bonchev–Trinajstić information content (AvgIpc) is 3.29. The Morgan fingerprint density at radius 1 is 1.22 bits per heavy atom. The summed E-state index contributed by atoms with van der Waals surface area (Å²) in [4.78, 5) is 51.4. The van der Waals surface area contributed by atoms with Crippen LogP contribution in [0.3, 0.4) is 0 Å². The second-order valence-corrected chi connectivity index (χ2v) is 9.80. The fourth-order valence-electron chi connectivity index (χ4n) is 4.27. The van der Waals surface area contributed by atoms with Crippen LogP contribution in [-0.4, -0.2) is 34.4 Å². The summed E-state index contributed by atoms with van der Waals surface area (Å²) in [7, 11) is 0. The highest BCUT2D eigenvalue weighted by molar-refractivity contribution is 7.10. The van der Waals surface area contributed by atoms with Crippen LogP contribution in [0.15, 0.2) is 23.6 Å². The monoisotopic (exact) mass is 472 g/mol. The number of amides is 3. The highest BCUT2D eigenvalue weighted by Gasteiger charge is 2.40. The molecular weight excluding hydrogens is 448 g/mol. The third-order valence-electron chi connectivity index (χ3n) is 6.18. The highest BCUT2D eigenvalue weighted by atomic mass is 35.5. The first-order valence-corrected chi connectivity index (χ1v) is 12.1. The molecule has 0 spiro atoms. The van der Waals surface area contributed by atoms with Gasteiger partial charge in [0, 0.05) is 41.1 Å². The third kappa shape index (κ3) is 4.79. The Kier molecular flexibility index (Phi) is 6.76. The van der Waals surface area contributed by atoms with Gasteiger partial charge in [0.2, 0.25) is 11.8 Å². The summed E-state index contributed by atoms with van der Waals surface area (Å²) in [6, 6.07) is 5.39. The van der Waals surface area contributed by atoms with E-state index in [1.807, 2.05) is 30.5 Å². The van der Waals surface area contributed by atoms with Crippen LogP contribution >= 0.6 is 22.9 Å². The molecule has 1 unspecified atom stereocenters. The van der Waals surface area contributed by atoms with Crippen molar-refractivity contribution in [3.05, 3.63) is 55.7 Å². The van der Waals surface area contributed by atoms with Gasteiger partial charge in [0.15, 0.2) is 0 Å². The zero-order valence-corrected chi connectivity index (χ0v) is 19.5. The summed E-state index contributed by atoms with van der Waals surface area (Å²) in [6.45, 7) is 2.33. The topological polar surface area (TPSA) is 83.6 Å². The molecule has 6 nitrogen and oxygen atoms in total. The molecule has 4 rings (SSSR count). The maximum atomic E-state index is 12.8. The number of hydrogen-bond acceptors (Lipinski definition) is 5. The lowest BCUT2D eigenvalue weighted by atomic mass is 10.0. The van der Waals surface area contributed by atoms with Crippen molar-refractivity contribution in [1.82, 2.24) is 10.2 Å². The molecule has 0 bridgehead atoms. The van der Waals surface area contributed by atoms with Crippen molar-refractivity contribution in [2.75, 3.05) is 0 Å². The predicted octanol–water partition coefficient (Wildman–Crippen LogP) is 4.00. The molecule has 168 valence electrons. The van der Waals surface area contributed by atoms with E-state index >= 15 is 0 Å². The summed E-state index contributed by atoms with van der Waals surface area (Å²) >= 11 is 7.66. The van der Waals surface area contributed by atoms with Crippen LogP contribution in [0.5, 0.6) is 0 Å². The molecule has 1 aromatic heterocycles. The average molecular weight is 473 g/mol. The first kappa shape index (κ1) is 22.7. The molecule has 2 aromatic rings. The standard InChI is InChI=1S/C24H25ClN2O4S/c1-14-5-6-15(11-19(14)25)3-2-4-16(28)7-9-21-17-12-27(24(31)18(17)13-32-21)20-8-10-22(29)26-23(20)30/h5-6,11,13,20H,2-4,7-10,12H2,1H3,(H,26,29,30). The number of ketones is 1. The van der Waals surface area contributed by atoms with Gasteiger partial charge < -0.3 is 4.90 Å². The molecular formula is C24H25ClN2O4S. The molecule has 0 saturated carbocycles. The highest BCUT2D eigenvalue weighted by Crippen LogP contribution is 2.34. The van der Waals surface area contributed by atoms with Gasteiger partial charge in [0.05, 0.1) is 5.56 Å². The van der Waals surface area contributed by atoms with Crippen molar-refractivity contribution in [2.45, 2.75) is 64.5 Å². The van der Waals surface area contributed by atoms with Crippen LogP contribution in [0.4, 0.5) is 0 Å². The summed E-state index contributed by atoms with van der Waals surface area (Å²) < 4.78 is 0. The molecule has 1 aromatic carbocycles. The maximum absolute atomic E-state index is 12.8. The van der Waals surface area contributed by atoms with Crippen LogP contribution in [0.25, 0.3) is 0 Å². The fourth-order valence-corrected chi connectivity index (χ4v) is 5.52. The van der Waals surface area contributed by atoms with E-state index < -0.39 is 11.9 Å². The normalized spacial score (nSPS) is 18.1. The molecule has 1 saturated heterocycles. The molecule has 0 aliphatic carbocycles. The zero-order valence-electron chi connectivity index (χ0n) is 17.9. The Hall–Kier alpha value is -2.51. The number of nitrogens with one attached hydrogen (secondary N) is 1. The summed E-state index contributed by atoms with van der Waals surface area (Å²) in [5.41, 5.74) is 3.73. The molecule has 3 heterocycles. The van der Waals surface area contributed by atoms with Gasteiger partial charge in [-0.15, -0.1) is 11.3 Å². The van der Waals surface area contributed by atoms with Gasteiger partial charge in [0.1, 0.15) is 11.8 Å². The Morgan fingerprint density at radius 2 is 2.03 bits per heavy atom. The van der Waals surface area contributed by atoms with Crippen molar-refractivity contribution >= 4 is 46.4 Å². The lowest BCUT2D eigenvalue weighted by Gasteiger charge is -2.29. The van der Waals surface area contributed by atoms with E-state index in [2.05, 4.69) is 5.32 Å². The SMILES string of the molecule is Cc1ccc(CCCC(=O)CCc2scc3c2CN(C2CCC(=O)NC2=O)C3=O)cc1Cl. The Morgan fingerprint density at radius 3 is 2.78 bits per heavy atom. The number of aryl methyl sites for hydroxylation is 3. The number of benzene rings is 1. The van der Waals surface area contributed by atoms with E-state index in [-0.39, 0.29) is 24.0 Å². The van der Waals surface area contributed by atoms with Crippen molar-refractivity contribution < 1.29 is 19.2 Å². The first-order valence-electron chi connectivity index (χ1n) is 10.8. The minimum absolute atomic E-state index is 0.167. The van der Waals surface area contributed by atoms with Crippen LogP contribution in [0.1, 0.15) is 64.0 Å². The number of Topliss-reactive ketones (excluding diaryl/α,β-unsaturated/α-hetero) is 1. The van der Waals surface area contributed by atoms with Gasteiger partial charge in [-0.2, -0.15) is 0 Å². The number of carbonyl (C=O) groups is 4. The zero-order chi connectivity index (χ0) is 22.8. The summed E-state index contributed by atoms with van der Waals surface area (Å²) in [6.07, 6.45) is 3.74. The molecule has 0 radical (unpaired) electrons. The maximum Gasteiger partial charge on any atom is 0.256 e. The number of rotatable bonds is 8. The van der Waals surface area contributed by atoms with E-state index in [9.17, 15) is 19.2 Å². The summed E-state index contributed by atoms with van der Waals surface area (Å²) in [5.74, 6) is -0.663. The van der Waals surface area contributed by atoms with Gasteiger partial charge in [-0.05, 0) is 55.4 Å². The molecule has 3 amide bonds. The molecule has 8 heteroatoms. The van der Waals surface area contributed by atoms with Crippen LogP contribution < -0.4 is 5.32 Å². The second-order valence-electron chi connectivity index (χ2n) is 8.43. The Bertz CT molecular complexity index is 1090. The minimum atomic E-state index is -0.609. The number of thiophene rings is 1. The van der Waals surface area contributed by atoms with Crippen LogP contribution in [0.2, 0.25) is 5.02 Å². The number of fused-ring (bicyclic) bond motifs is 1. The van der Waals surface area contributed by atoms with Crippen molar-refractivity contribution in [3.8, 4) is 0 Å². The molecule has 32 heavy (non-hydrogen) atoms. The van der Waals surface area contributed by atoms with E-state index in [4.69, 9.17) is 11.6 Å². The first-order chi connectivity index (χ1) is 15.3. The minimum Gasteiger partial charge on any atom is -0.322 e. The predicted molar refractivity (Wildman–Crippen MR) is 123 cm³/mol. The van der Waals surface area contributed by atoms with Gasteiger partial charge in [-0.1, -0.05) is 23.7 Å². The van der Waals surface area contributed by atoms with Crippen LogP contribution in [0, 0.1) is 6.92 Å². The number of imide groups is 1. The van der Waals surface area contributed by atoms with Crippen molar-refractivity contribution in [2.24, 2.45) is 0 Å². The van der Waals surface area contributed by atoms with Gasteiger partial charge in [-0.3, -0.25) is 24.5 Å². The molecule has 1 atom stereocenters. The van der Waals surface area contributed by atoms with Crippen LogP contribution in [-0.2, 0) is 33.8 Å². The Balaban J connectivity index is 1.29. The molecule has 1 N–H and O–H groups in total. The smallest absolute Gasteiger partial charge is 0.256 e. The van der Waals surface area contributed by atoms with E-state index in [0.717, 1.165) is 39.4 Å². The van der Waals surface area contributed by atoms with Crippen molar-refractivity contribution in [1.29, 1.82) is 0 Å². The Labute approximate surface area is 195 Å². The van der Waals surface area contributed by atoms with Gasteiger partial charge >= 0.3 is 0 Å². The quantitative estimate of drug-likeness (QED) is 0.589. The molecule has 1 fully saturated rings. The number of piperidine rings is 1. The lowest BCUT2D eigenvalue weighted by Crippen LogP contribution is -2.52. The number of carbonyl (C=O) groups excluding carboxylic acids is 4. The summed E-state index contributed by atoms with van der Waals surface area (Å²) in [5, 5.41) is 4.89. The van der Waals surface area contributed by atoms with E-state index in [1.54, 1.807) is 4.90 Å². The van der Waals surface area contributed by atoms with Crippen molar-refractivity contribution in [3.63, 3.8) is 0 Å². The third-order valence-corrected chi connectivity index (χ3v) is 7.67. The number of halogens is 1. The molecule has 2 aliphatic heterocycles. The number of hydrogen-bond donors (Lipinski definition) is 1. The van der Waals surface area contributed by atoms with Gasteiger partial charge in [-0.25, -0.2) is 0 Å². The fraction of sp³-hybridized carbons (Fsp3) is 0.417. The van der Waals surface area contributed by atoms with E-state index in [0.29, 0.717) is 37.8 Å². The number of nitrogens with zero attached hydrogens (tertiary/aromatic N) is 1. The van der Waals surface area contributed by atoms with E-state index in [1.165, 1.54) is 11.3 Å². The second kappa shape index (κ2) is 9.55. The molecule has 2 aliphatic rings. The largest absolute Gasteiger partial charge is 0.322 e.